The van der Waals surface area contributed by atoms with Crippen molar-refractivity contribution in [3.8, 4) is 0 Å². The molecule has 0 aromatic rings. The number of nitrogens with zero attached hydrogens (tertiary/aromatic N) is 1. The maximum absolute atomic E-state index is 12.2. The van der Waals surface area contributed by atoms with Gasteiger partial charge in [-0.05, 0) is 39.0 Å². The first-order valence-electron chi connectivity index (χ1n) is 6.19. The van der Waals surface area contributed by atoms with Crippen LogP contribution in [0.4, 0.5) is 0 Å². The fourth-order valence-corrected chi connectivity index (χ4v) is 2.94. The van der Waals surface area contributed by atoms with Crippen molar-refractivity contribution in [1.82, 2.24) is 4.90 Å². The van der Waals surface area contributed by atoms with Gasteiger partial charge >= 0.3 is 0 Å². The molecule has 2 aliphatic rings. The number of carbonyl (C=O) groups excluding carboxylic acids is 1. The third-order valence-corrected chi connectivity index (χ3v) is 4.13. The fraction of sp³-hybridized carbons (Fsp3) is 0.917. The molecule has 2 bridgehead atoms. The Kier molecular flexibility index (Phi) is 3.01. The van der Waals surface area contributed by atoms with Gasteiger partial charge in [-0.3, -0.25) is 4.79 Å². The molecule has 86 valence electrons. The van der Waals surface area contributed by atoms with Crippen LogP contribution in [0.25, 0.3) is 0 Å². The number of rotatable bonds is 2. The van der Waals surface area contributed by atoms with E-state index in [1.54, 1.807) is 0 Å². The van der Waals surface area contributed by atoms with E-state index in [1.165, 1.54) is 32.1 Å². The molecule has 2 heterocycles. The van der Waals surface area contributed by atoms with Crippen molar-refractivity contribution >= 4 is 5.91 Å². The molecule has 2 saturated heterocycles. The number of fused-ring (bicyclic) bond motifs is 2. The molecule has 2 aliphatic heterocycles. The van der Waals surface area contributed by atoms with Crippen LogP contribution >= 0.6 is 0 Å². The largest absolute Gasteiger partial charge is 0.336 e. The first kappa shape index (κ1) is 10.9. The van der Waals surface area contributed by atoms with Gasteiger partial charge in [-0.25, -0.2) is 0 Å². The average Bonchev–Trinajstić information content (AvgIpc) is 2.46. The van der Waals surface area contributed by atoms with E-state index in [1.807, 2.05) is 13.8 Å². The Morgan fingerprint density at radius 1 is 1.20 bits per heavy atom. The van der Waals surface area contributed by atoms with Crippen LogP contribution in [0.15, 0.2) is 0 Å². The summed E-state index contributed by atoms with van der Waals surface area (Å²) < 4.78 is 0. The van der Waals surface area contributed by atoms with Gasteiger partial charge in [0.15, 0.2) is 0 Å². The second-order valence-corrected chi connectivity index (χ2v) is 5.21. The van der Waals surface area contributed by atoms with Crippen molar-refractivity contribution in [3.05, 3.63) is 0 Å². The summed E-state index contributed by atoms with van der Waals surface area (Å²) in [6.45, 7) is 3.88. The van der Waals surface area contributed by atoms with E-state index in [0.29, 0.717) is 12.1 Å². The quantitative estimate of drug-likeness (QED) is 0.751. The lowest BCUT2D eigenvalue weighted by atomic mass is 9.97. The van der Waals surface area contributed by atoms with Gasteiger partial charge < -0.3 is 10.6 Å². The van der Waals surface area contributed by atoms with E-state index >= 15 is 0 Å². The standard InChI is InChI=1S/C12H22N2O/c1-8(9(2)13)12(15)14-10-4-3-5-11(14)7-6-10/h8-11H,3-7,13H2,1-2H3. The molecule has 15 heavy (non-hydrogen) atoms. The molecular formula is C12H22N2O. The van der Waals surface area contributed by atoms with Gasteiger partial charge in [0.25, 0.3) is 0 Å². The van der Waals surface area contributed by atoms with Crippen LogP contribution in [0, 0.1) is 5.92 Å². The molecule has 4 unspecified atom stereocenters. The van der Waals surface area contributed by atoms with Gasteiger partial charge in [0, 0.05) is 18.1 Å². The maximum atomic E-state index is 12.2. The first-order valence-corrected chi connectivity index (χ1v) is 6.19. The second-order valence-electron chi connectivity index (χ2n) is 5.21. The van der Waals surface area contributed by atoms with Gasteiger partial charge in [0.05, 0.1) is 5.92 Å². The lowest BCUT2D eigenvalue weighted by Gasteiger charge is -2.37. The van der Waals surface area contributed by atoms with E-state index < -0.39 is 0 Å². The van der Waals surface area contributed by atoms with E-state index in [4.69, 9.17) is 5.73 Å². The Morgan fingerprint density at radius 3 is 2.20 bits per heavy atom. The highest BCUT2D eigenvalue weighted by Gasteiger charge is 2.41. The molecule has 0 aliphatic carbocycles. The Labute approximate surface area is 92.0 Å². The van der Waals surface area contributed by atoms with Crippen LogP contribution in [0.3, 0.4) is 0 Å². The zero-order valence-electron chi connectivity index (χ0n) is 9.78. The third kappa shape index (κ3) is 1.89. The van der Waals surface area contributed by atoms with Crippen molar-refractivity contribution in [1.29, 1.82) is 0 Å². The predicted octanol–water partition coefficient (Wildman–Crippen LogP) is 1.51. The number of piperidine rings is 1. The third-order valence-electron chi connectivity index (χ3n) is 4.13. The zero-order valence-corrected chi connectivity index (χ0v) is 9.78. The van der Waals surface area contributed by atoms with E-state index in [2.05, 4.69) is 4.90 Å². The summed E-state index contributed by atoms with van der Waals surface area (Å²) in [7, 11) is 0. The molecule has 4 atom stereocenters. The molecule has 2 rings (SSSR count). The van der Waals surface area contributed by atoms with Crippen molar-refractivity contribution in [2.75, 3.05) is 0 Å². The maximum Gasteiger partial charge on any atom is 0.227 e. The van der Waals surface area contributed by atoms with E-state index in [0.717, 1.165) is 0 Å². The van der Waals surface area contributed by atoms with E-state index in [9.17, 15) is 4.79 Å². The van der Waals surface area contributed by atoms with Crippen LogP contribution in [0.2, 0.25) is 0 Å². The molecule has 0 aromatic heterocycles. The Morgan fingerprint density at radius 2 is 1.73 bits per heavy atom. The summed E-state index contributed by atoms with van der Waals surface area (Å²) in [5, 5.41) is 0. The summed E-state index contributed by atoms with van der Waals surface area (Å²) in [5.41, 5.74) is 5.81. The second kappa shape index (κ2) is 4.12. The van der Waals surface area contributed by atoms with Crippen molar-refractivity contribution in [2.24, 2.45) is 11.7 Å². The van der Waals surface area contributed by atoms with Gasteiger partial charge in [0.1, 0.15) is 0 Å². The molecule has 3 heteroatoms. The number of hydrogen-bond donors (Lipinski definition) is 1. The van der Waals surface area contributed by atoms with Crippen molar-refractivity contribution in [2.45, 2.75) is 64.1 Å². The minimum absolute atomic E-state index is 0.0220. The smallest absolute Gasteiger partial charge is 0.227 e. The van der Waals surface area contributed by atoms with Crippen molar-refractivity contribution < 1.29 is 4.79 Å². The van der Waals surface area contributed by atoms with Crippen LogP contribution in [0.5, 0.6) is 0 Å². The van der Waals surface area contributed by atoms with E-state index in [-0.39, 0.29) is 17.9 Å². The van der Waals surface area contributed by atoms with Gasteiger partial charge in [0.2, 0.25) is 5.91 Å². The number of hydrogen-bond acceptors (Lipinski definition) is 2. The minimum atomic E-state index is -0.0289. The normalized spacial score (nSPS) is 33.9. The highest BCUT2D eigenvalue weighted by atomic mass is 16.2. The lowest BCUT2D eigenvalue weighted by Crippen LogP contribution is -2.49. The molecule has 0 saturated carbocycles. The number of nitrogens with two attached hydrogens (primary N) is 1. The summed E-state index contributed by atoms with van der Waals surface area (Å²) in [6, 6.07) is 1.02. The minimum Gasteiger partial charge on any atom is -0.336 e. The van der Waals surface area contributed by atoms with Gasteiger partial charge in [-0.1, -0.05) is 6.92 Å². The van der Waals surface area contributed by atoms with Crippen LogP contribution < -0.4 is 5.73 Å². The highest BCUT2D eigenvalue weighted by Crippen LogP contribution is 2.36. The Balaban J connectivity index is 2.07. The van der Waals surface area contributed by atoms with Crippen LogP contribution in [0.1, 0.15) is 46.0 Å². The van der Waals surface area contributed by atoms with Crippen LogP contribution in [-0.4, -0.2) is 28.9 Å². The Hall–Kier alpha value is -0.570. The molecule has 0 aromatic carbocycles. The number of amides is 1. The molecule has 3 nitrogen and oxygen atoms in total. The molecule has 0 radical (unpaired) electrons. The first-order chi connectivity index (χ1) is 7.11. The summed E-state index contributed by atoms with van der Waals surface area (Å²) in [5.74, 6) is 0.267. The SMILES string of the molecule is CC(N)C(C)C(=O)N1C2CCCC1CC2. The summed E-state index contributed by atoms with van der Waals surface area (Å²) in [4.78, 5) is 14.4. The monoisotopic (exact) mass is 210 g/mol. The average molecular weight is 210 g/mol. The molecule has 2 N–H and O–H groups in total. The number of carbonyl (C=O) groups is 1. The molecular weight excluding hydrogens is 188 g/mol. The lowest BCUT2D eigenvalue weighted by molar-refractivity contribution is -0.139. The summed E-state index contributed by atoms with van der Waals surface area (Å²) in [6.07, 6.45) is 6.12. The molecule has 1 amide bonds. The van der Waals surface area contributed by atoms with Gasteiger partial charge in [-0.15, -0.1) is 0 Å². The molecule has 0 spiro atoms. The Bertz CT molecular complexity index is 236. The predicted molar refractivity (Wildman–Crippen MR) is 60.3 cm³/mol. The topological polar surface area (TPSA) is 46.3 Å². The molecule has 2 fully saturated rings. The van der Waals surface area contributed by atoms with Gasteiger partial charge in [-0.2, -0.15) is 0 Å². The van der Waals surface area contributed by atoms with Crippen LogP contribution in [-0.2, 0) is 4.79 Å². The fourth-order valence-electron chi connectivity index (χ4n) is 2.94. The zero-order chi connectivity index (χ0) is 11.0. The van der Waals surface area contributed by atoms with Crippen molar-refractivity contribution in [3.63, 3.8) is 0 Å². The summed E-state index contributed by atoms with van der Waals surface area (Å²) >= 11 is 0. The highest BCUT2D eigenvalue weighted by molar-refractivity contribution is 5.80.